The van der Waals surface area contributed by atoms with E-state index in [9.17, 15) is 5.26 Å². The number of nitrogens with zero attached hydrogens (tertiary/aromatic N) is 2. The van der Waals surface area contributed by atoms with Gasteiger partial charge >= 0.3 is 0 Å². The van der Waals surface area contributed by atoms with E-state index in [0.717, 1.165) is 21.4 Å². The number of rotatable bonds is 4. The summed E-state index contributed by atoms with van der Waals surface area (Å²) in [6.45, 7) is 0. The summed E-state index contributed by atoms with van der Waals surface area (Å²) in [4.78, 5) is 4.56. The van der Waals surface area contributed by atoms with Gasteiger partial charge in [-0.2, -0.15) is 5.26 Å². The molecule has 0 radical (unpaired) electrons. The van der Waals surface area contributed by atoms with E-state index in [1.54, 1.807) is 12.3 Å². The molecule has 0 aliphatic rings. The van der Waals surface area contributed by atoms with Gasteiger partial charge in [-0.3, -0.25) is 0 Å². The third-order valence-electron chi connectivity index (χ3n) is 3.24. The lowest BCUT2D eigenvalue weighted by molar-refractivity contribution is 1.36. The zero-order valence-electron chi connectivity index (χ0n) is 12.3. The van der Waals surface area contributed by atoms with Crippen molar-refractivity contribution in [1.82, 2.24) is 4.98 Å². The summed E-state index contributed by atoms with van der Waals surface area (Å²) in [5, 5.41) is 15.7. The fourth-order valence-electron chi connectivity index (χ4n) is 2.02. The second kappa shape index (κ2) is 7.63. The molecule has 0 aliphatic heterocycles. The molecule has 3 aromatic rings. The van der Waals surface area contributed by atoms with Crippen LogP contribution in [0.3, 0.4) is 0 Å². The maximum atomic E-state index is 9.41. The van der Waals surface area contributed by atoms with E-state index in [1.165, 1.54) is 11.3 Å². The lowest BCUT2D eigenvalue weighted by Crippen LogP contribution is -1.91. The maximum absolute atomic E-state index is 9.41. The topological polar surface area (TPSA) is 48.7 Å². The highest BCUT2D eigenvalue weighted by molar-refractivity contribution is 9.10. The fraction of sp³-hybridized carbons (Fsp3) is 0. The normalized spacial score (nSPS) is 11.1. The molecular weight excluding hydrogens is 406 g/mol. The number of hydrogen-bond acceptors (Lipinski definition) is 4. The van der Waals surface area contributed by atoms with E-state index in [-0.39, 0.29) is 0 Å². The van der Waals surface area contributed by atoms with E-state index in [1.807, 2.05) is 47.8 Å². The van der Waals surface area contributed by atoms with Crippen LogP contribution in [0.1, 0.15) is 5.01 Å². The van der Waals surface area contributed by atoms with Gasteiger partial charge in [-0.25, -0.2) is 4.98 Å². The standard InChI is InChI=1S/C18H11BrClN3S/c19-14-7-5-12(6-8-14)17-11-24-18(23-17)13(9-21)10-22-16-4-2-1-3-15(16)20/h1-8,10-11,22H/b13-10-. The minimum absolute atomic E-state index is 0.461. The van der Waals surface area contributed by atoms with Crippen LogP contribution in [-0.4, -0.2) is 4.98 Å². The smallest absolute Gasteiger partial charge is 0.136 e. The fourth-order valence-corrected chi connectivity index (χ4v) is 3.27. The maximum Gasteiger partial charge on any atom is 0.136 e. The van der Waals surface area contributed by atoms with E-state index < -0.39 is 0 Å². The number of nitrogens with one attached hydrogen (secondary N) is 1. The lowest BCUT2D eigenvalue weighted by atomic mass is 10.2. The summed E-state index contributed by atoms with van der Waals surface area (Å²) in [5.74, 6) is 0. The van der Waals surface area contributed by atoms with Crippen molar-refractivity contribution in [1.29, 1.82) is 5.26 Å². The molecule has 0 spiro atoms. The number of hydrogen-bond donors (Lipinski definition) is 1. The van der Waals surface area contributed by atoms with Gasteiger partial charge in [0.25, 0.3) is 0 Å². The Morgan fingerprint density at radius 2 is 1.96 bits per heavy atom. The first-order chi connectivity index (χ1) is 11.7. The van der Waals surface area contributed by atoms with Crippen molar-refractivity contribution in [2.75, 3.05) is 5.32 Å². The highest BCUT2D eigenvalue weighted by Gasteiger charge is 2.09. The van der Waals surface area contributed by atoms with Gasteiger partial charge in [0.05, 0.1) is 16.4 Å². The van der Waals surface area contributed by atoms with E-state index in [0.29, 0.717) is 15.6 Å². The molecule has 1 aromatic heterocycles. The van der Waals surface area contributed by atoms with Crippen LogP contribution in [0.15, 0.2) is 64.6 Å². The van der Waals surface area contributed by atoms with Gasteiger partial charge in [0.2, 0.25) is 0 Å². The lowest BCUT2D eigenvalue weighted by Gasteiger charge is -2.03. The Hall–Kier alpha value is -2.13. The van der Waals surface area contributed by atoms with Crippen LogP contribution in [0.4, 0.5) is 5.69 Å². The van der Waals surface area contributed by atoms with Crippen molar-refractivity contribution in [3.8, 4) is 17.3 Å². The van der Waals surface area contributed by atoms with Gasteiger partial charge in [-0.15, -0.1) is 11.3 Å². The van der Waals surface area contributed by atoms with Crippen LogP contribution in [0.5, 0.6) is 0 Å². The Kier molecular flexibility index (Phi) is 5.31. The molecule has 2 aromatic carbocycles. The first-order valence-electron chi connectivity index (χ1n) is 7.00. The zero-order chi connectivity index (χ0) is 16.9. The molecule has 0 saturated carbocycles. The number of para-hydroxylation sites is 1. The molecular formula is C18H11BrClN3S. The summed E-state index contributed by atoms with van der Waals surface area (Å²) >= 11 is 11.0. The van der Waals surface area contributed by atoms with Crippen molar-refractivity contribution >= 4 is 50.1 Å². The molecule has 0 fully saturated rings. The number of thiazole rings is 1. The summed E-state index contributed by atoms with van der Waals surface area (Å²) in [6.07, 6.45) is 1.63. The number of anilines is 1. The highest BCUT2D eigenvalue weighted by Crippen LogP contribution is 2.27. The molecule has 0 unspecified atom stereocenters. The highest BCUT2D eigenvalue weighted by atomic mass is 79.9. The van der Waals surface area contributed by atoms with Crippen molar-refractivity contribution in [3.05, 3.63) is 74.6 Å². The number of nitriles is 1. The van der Waals surface area contributed by atoms with Gasteiger partial charge in [-0.05, 0) is 24.3 Å². The average Bonchev–Trinajstić information content (AvgIpc) is 3.07. The number of allylic oxidation sites excluding steroid dienone is 1. The number of aromatic nitrogens is 1. The largest absolute Gasteiger partial charge is 0.359 e. The molecule has 6 heteroatoms. The molecule has 0 aliphatic carbocycles. The van der Waals surface area contributed by atoms with Crippen LogP contribution in [0, 0.1) is 11.3 Å². The van der Waals surface area contributed by atoms with Crippen LogP contribution in [-0.2, 0) is 0 Å². The predicted octanol–water partition coefficient (Wildman–Crippen LogP) is 6.20. The summed E-state index contributed by atoms with van der Waals surface area (Å²) < 4.78 is 1.02. The van der Waals surface area contributed by atoms with E-state index in [2.05, 4.69) is 32.3 Å². The van der Waals surface area contributed by atoms with Crippen LogP contribution < -0.4 is 5.32 Å². The molecule has 24 heavy (non-hydrogen) atoms. The van der Waals surface area contributed by atoms with Gasteiger partial charge in [0.1, 0.15) is 16.6 Å². The second-order valence-electron chi connectivity index (χ2n) is 4.84. The molecule has 1 heterocycles. The van der Waals surface area contributed by atoms with Gasteiger partial charge < -0.3 is 5.32 Å². The molecule has 0 bridgehead atoms. The molecule has 3 nitrogen and oxygen atoms in total. The Balaban J connectivity index is 1.84. The Morgan fingerprint density at radius 3 is 2.67 bits per heavy atom. The second-order valence-corrected chi connectivity index (χ2v) is 7.02. The van der Waals surface area contributed by atoms with Crippen molar-refractivity contribution < 1.29 is 0 Å². The Bertz CT molecular complexity index is 926. The molecule has 0 atom stereocenters. The average molecular weight is 417 g/mol. The number of benzene rings is 2. The molecule has 0 saturated heterocycles. The van der Waals surface area contributed by atoms with Crippen molar-refractivity contribution in [2.45, 2.75) is 0 Å². The third-order valence-corrected chi connectivity index (χ3v) is 4.97. The predicted molar refractivity (Wildman–Crippen MR) is 104 cm³/mol. The summed E-state index contributed by atoms with van der Waals surface area (Å²) in [6, 6.07) is 17.5. The summed E-state index contributed by atoms with van der Waals surface area (Å²) in [7, 11) is 0. The van der Waals surface area contributed by atoms with Gasteiger partial charge in [-0.1, -0.05) is 51.8 Å². The molecule has 3 rings (SSSR count). The Morgan fingerprint density at radius 1 is 1.21 bits per heavy atom. The van der Waals surface area contributed by atoms with E-state index in [4.69, 9.17) is 11.6 Å². The van der Waals surface area contributed by atoms with Gasteiger partial charge in [0, 0.05) is 21.6 Å². The van der Waals surface area contributed by atoms with Crippen LogP contribution >= 0.6 is 38.9 Å². The molecule has 118 valence electrons. The monoisotopic (exact) mass is 415 g/mol. The zero-order valence-corrected chi connectivity index (χ0v) is 15.5. The van der Waals surface area contributed by atoms with Crippen LogP contribution in [0.25, 0.3) is 16.8 Å². The third kappa shape index (κ3) is 3.85. The Labute approximate surface area is 157 Å². The quantitative estimate of drug-likeness (QED) is 0.515. The van der Waals surface area contributed by atoms with Crippen LogP contribution in [0.2, 0.25) is 5.02 Å². The minimum atomic E-state index is 0.461. The summed E-state index contributed by atoms with van der Waals surface area (Å²) in [5.41, 5.74) is 3.07. The molecule has 0 amide bonds. The SMILES string of the molecule is N#C/C(=C/Nc1ccccc1Cl)c1nc(-c2ccc(Br)cc2)cs1. The number of halogens is 2. The van der Waals surface area contributed by atoms with Gasteiger partial charge in [0.15, 0.2) is 0 Å². The van der Waals surface area contributed by atoms with E-state index >= 15 is 0 Å². The first-order valence-corrected chi connectivity index (χ1v) is 9.05. The van der Waals surface area contributed by atoms with Crippen molar-refractivity contribution in [3.63, 3.8) is 0 Å². The first kappa shape index (κ1) is 16.7. The van der Waals surface area contributed by atoms with Crippen molar-refractivity contribution in [2.24, 2.45) is 0 Å². The molecule has 1 N–H and O–H groups in total. The minimum Gasteiger partial charge on any atom is -0.359 e.